The fourth-order valence-corrected chi connectivity index (χ4v) is 3.70. The summed E-state index contributed by atoms with van der Waals surface area (Å²) in [5.41, 5.74) is 2.31. The van der Waals surface area contributed by atoms with Crippen molar-refractivity contribution < 1.29 is 9.53 Å². The molecule has 24 heavy (non-hydrogen) atoms. The van der Waals surface area contributed by atoms with Gasteiger partial charge in [-0.05, 0) is 30.9 Å². The number of carbonyl (C=O) groups excluding carboxylic acids is 1. The number of aryl methyl sites for hydroxylation is 2. The van der Waals surface area contributed by atoms with Crippen LogP contribution in [0.1, 0.15) is 18.4 Å². The summed E-state index contributed by atoms with van der Waals surface area (Å²) >= 11 is 1.45. The molecule has 1 amide bonds. The van der Waals surface area contributed by atoms with Crippen molar-refractivity contribution in [2.24, 2.45) is 0 Å². The molecule has 0 bridgehead atoms. The molecule has 0 radical (unpaired) electrons. The third-order valence-corrected chi connectivity index (χ3v) is 5.03. The van der Waals surface area contributed by atoms with Crippen molar-refractivity contribution in [2.75, 3.05) is 30.9 Å². The number of hydrogen-bond acceptors (Lipinski definition) is 5. The van der Waals surface area contributed by atoms with E-state index in [-0.39, 0.29) is 5.91 Å². The number of methoxy groups -OCH3 is 1. The first-order chi connectivity index (χ1) is 11.8. The number of fused-ring (bicyclic) bond motifs is 1. The predicted octanol–water partition coefficient (Wildman–Crippen LogP) is 2.39. The topological polar surface area (TPSA) is 60.2 Å². The molecule has 128 valence electrons. The molecule has 2 aromatic rings. The summed E-state index contributed by atoms with van der Waals surface area (Å²) in [5.74, 6) is 0.496. The van der Waals surface area contributed by atoms with E-state index >= 15 is 0 Å². The van der Waals surface area contributed by atoms with Gasteiger partial charge in [-0.25, -0.2) is 0 Å². The summed E-state index contributed by atoms with van der Waals surface area (Å²) in [6.07, 6.45) is 4.66. The van der Waals surface area contributed by atoms with Gasteiger partial charge in [0.25, 0.3) is 0 Å². The van der Waals surface area contributed by atoms with Crippen LogP contribution in [-0.4, -0.2) is 46.7 Å². The SMILES string of the molecule is COCCCn1cnnc1SCC(=O)N1CCCc2ccccc21. The molecule has 1 aromatic heterocycles. The van der Waals surface area contributed by atoms with E-state index in [2.05, 4.69) is 16.3 Å². The Kier molecular flexibility index (Phi) is 5.87. The van der Waals surface area contributed by atoms with Gasteiger partial charge in [-0.15, -0.1) is 10.2 Å². The normalized spacial score (nSPS) is 13.8. The fourth-order valence-electron chi connectivity index (χ4n) is 2.89. The number of nitrogens with zero attached hydrogens (tertiary/aromatic N) is 4. The molecule has 6 nitrogen and oxygen atoms in total. The Morgan fingerprint density at radius 1 is 1.38 bits per heavy atom. The van der Waals surface area contributed by atoms with E-state index in [0.29, 0.717) is 12.4 Å². The Morgan fingerprint density at radius 3 is 3.12 bits per heavy atom. The lowest BCUT2D eigenvalue weighted by molar-refractivity contribution is -0.116. The summed E-state index contributed by atoms with van der Waals surface area (Å²) in [6, 6.07) is 8.16. The number of amides is 1. The predicted molar refractivity (Wildman–Crippen MR) is 94.4 cm³/mol. The van der Waals surface area contributed by atoms with E-state index in [9.17, 15) is 4.79 Å². The summed E-state index contributed by atoms with van der Waals surface area (Å²) in [5, 5.41) is 8.86. The second kappa shape index (κ2) is 8.30. The number of para-hydroxylation sites is 1. The first-order valence-corrected chi connectivity index (χ1v) is 9.16. The maximum Gasteiger partial charge on any atom is 0.237 e. The van der Waals surface area contributed by atoms with Gasteiger partial charge in [0.05, 0.1) is 5.75 Å². The highest BCUT2D eigenvalue weighted by molar-refractivity contribution is 7.99. The standard InChI is InChI=1S/C17H22N4O2S/c1-23-11-5-9-20-13-18-19-17(20)24-12-16(22)21-10-4-7-14-6-2-3-8-15(14)21/h2-3,6,8,13H,4-5,7,9-12H2,1H3. The zero-order valence-corrected chi connectivity index (χ0v) is 14.7. The van der Waals surface area contributed by atoms with Crippen LogP contribution >= 0.6 is 11.8 Å². The number of rotatable bonds is 7. The van der Waals surface area contributed by atoms with Crippen molar-refractivity contribution in [3.05, 3.63) is 36.2 Å². The number of anilines is 1. The van der Waals surface area contributed by atoms with E-state index in [4.69, 9.17) is 4.74 Å². The van der Waals surface area contributed by atoms with Crippen LogP contribution in [0.5, 0.6) is 0 Å². The van der Waals surface area contributed by atoms with Gasteiger partial charge in [0.15, 0.2) is 5.16 Å². The first kappa shape index (κ1) is 17.0. The molecule has 2 heterocycles. The quantitative estimate of drug-likeness (QED) is 0.569. The van der Waals surface area contributed by atoms with Crippen molar-refractivity contribution in [3.8, 4) is 0 Å². The minimum absolute atomic E-state index is 0.124. The summed E-state index contributed by atoms with van der Waals surface area (Å²) in [7, 11) is 1.69. The summed E-state index contributed by atoms with van der Waals surface area (Å²) in [4.78, 5) is 14.6. The van der Waals surface area contributed by atoms with Gasteiger partial charge in [-0.3, -0.25) is 4.79 Å². The van der Waals surface area contributed by atoms with Gasteiger partial charge in [0.2, 0.25) is 5.91 Å². The smallest absolute Gasteiger partial charge is 0.237 e. The number of thioether (sulfide) groups is 1. The molecule has 7 heteroatoms. The van der Waals surface area contributed by atoms with Crippen LogP contribution in [0.2, 0.25) is 0 Å². The number of carbonyl (C=O) groups is 1. The largest absolute Gasteiger partial charge is 0.385 e. The van der Waals surface area contributed by atoms with Crippen LogP contribution in [0, 0.1) is 0 Å². The van der Waals surface area contributed by atoms with Gasteiger partial charge < -0.3 is 14.2 Å². The van der Waals surface area contributed by atoms with Crippen LogP contribution in [0.25, 0.3) is 0 Å². The Morgan fingerprint density at radius 2 is 2.25 bits per heavy atom. The maximum absolute atomic E-state index is 12.7. The van der Waals surface area contributed by atoms with Crippen LogP contribution in [0.4, 0.5) is 5.69 Å². The van der Waals surface area contributed by atoms with Crippen LogP contribution in [0.15, 0.2) is 35.7 Å². The molecule has 0 spiro atoms. The van der Waals surface area contributed by atoms with Gasteiger partial charge in [-0.2, -0.15) is 0 Å². The van der Waals surface area contributed by atoms with Crippen LogP contribution < -0.4 is 4.90 Å². The zero-order chi connectivity index (χ0) is 16.8. The monoisotopic (exact) mass is 346 g/mol. The minimum Gasteiger partial charge on any atom is -0.385 e. The fraction of sp³-hybridized carbons (Fsp3) is 0.471. The molecule has 0 N–H and O–H groups in total. The number of benzene rings is 1. The van der Waals surface area contributed by atoms with Gasteiger partial charge in [0, 0.05) is 32.5 Å². The Labute approximate surface area is 146 Å². The van der Waals surface area contributed by atoms with Crippen molar-refractivity contribution >= 4 is 23.4 Å². The molecule has 1 aromatic carbocycles. The van der Waals surface area contributed by atoms with Crippen molar-refractivity contribution in [1.82, 2.24) is 14.8 Å². The highest BCUT2D eigenvalue weighted by Crippen LogP contribution is 2.27. The molecule has 1 aliphatic heterocycles. The Bertz CT molecular complexity index is 689. The van der Waals surface area contributed by atoms with Crippen LogP contribution in [0.3, 0.4) is 0 Å². The summed E-state index contributed by atoms with van der Waals surface area (Å²) in [6.45, 7) is 2.28. The second-order valence-corrected chi connectivity index (χ2v) is 6.66. The number of aromatic nitrogens is 3. The Hall–Kier alpha value is -1.86. The van der Waals surface area contributed by atoms with Gasteiger partial charge >= 0.3 is 0 Å². The molecule has 0 saturated heterocycles. The van der Waals surface area contributed by atoms with E-state index < -0.39 is 0 Å². The van der Waals surface area contributed by atoms with E-state index in [1.54, 1.807) is 13.4 Å². The highest BCUT2D eigenvalue weighted by Gasteiger charge is 2.22. The number of ether oxygens (including phenoxy) is 1. The van der Waals surface area contributed by atoms with Gasteiger partial charge in [0.1, 0.15) is 6.33 Å². The van der Waals surface area contributed by atoms with Crippen molar-refractivity contribution in [1.29, 1.82) is 0 Å². The van der Waals surface area contributed by atoms with Crippen LogP contribution in [-0.2, 0) is 22.5 Å². The average Bonchev–Trinajstić information content (AvgIpc) is 3.07. The second-order valence-electron chi connectivity index (χ2n) is 5.72. The molecule has 0 aliphatic carbocycles. The molecule has 0 fully saturated rings. The molecular formula is C17H22N4O2S. The maximum atomic E-state index is 12.7. The molecular weight excluding hydrogens is 324 g/mol. The van der Waals surface area contributed by atoms with Gasteiger partial charge in [-0.1, -0.05) is 30.0 Å². The lowest BCUT2D eigenvalue weighted by atomic mass is 10.0. The molecule has 0 unspecified atom stereocenters. The third kappa shape index (κ3) is 3.96. The molecule has 0 saturated carbocycles. The van der Waals surface area contributed by atoms with E-state index in [1.165, 1.54) is 17.3 Å². The zero-order valence-electron chi connectivity index (χ0n) is 13.9. The third-order valence-electron chi connectivity index (χ3n) is 4.06. The number of hydrogen-bond donors (Lipinski definition) is 0. The molecule has 1 aliphatic rings. The van der Waals surface area contributed by atoms with Crippen molar-refractivity contribution in [2.45, 2.75) is 31.0 Å². The minimum atomic E-state index is 0.124. The van der Waals surface area contributed by atoms with E-state index in [1.807, 2.05) is 27.7 Å². The molecule has 3 rings (SSSR count). The lowest BCUT2D eigenvalue weighted by Gasteiger charge is -2.29. The van der Waals surface area contributed by atoms with Crippen molar-refractivity contribution in [3.63, 3.8) is 0 Å². The Balaban J connectivity index is 1.60. The average molecular weight is 346 g/mol. The van der Waals surface area contributed by atoms with E-state index in [0.717, 1.165) is 43.2 Å². The first-order valence-electron chi connectivity index (χ1n) is 8.17. The summed E-state index contributed by atoms with van der Waals surface area (Å²) < 4.78 is 7.04. The molecule has 0 atom stereocenters. The lowest BCUT2D eigenvalue weighted by Crippen LogP contribution is -2.36. The highest BCUT2D eigenvalue weighted by atomic mass is 32.2.